The van der Waals surface area contributed by atoms with Gasteiger partial charge < -0.3 is 14.9 Å². The van der Waals surface area contributed by atoms with Crippen LogP contribution in [0.1, 0.15) is 50.2 Å². The summed E-state index contributed by atoms with van der Waals surface area (Å²) < 4.78 is 5.94. The Morgan fingerprint density at radius 2 is 2.04 bits per heavy atom. The maximum absolute atomic E-state index is 10.6. The number of aliphatic hydroxyl groups excluding tert-OH is 1. The fourth-order valence-electron chi connectivity index (χ4n) is 6.19. The van der Waals surface area contributed by atoms with Crippen molar-refractivity contribution in [2.75, 3.05) is 7.11 Å². The number of aromatic hydroxyl groups is 1. The summed E-state index contributed by atoms with van der Waals surface area (Å²) >= 11 is 0. The van der Waals surface area contributed by atoms with E-state index in [0.29, 0.717) is 29.4 Å². The van der Waals surface area contributed by atoms with Gasteiger partial charge in [0.2, 0.25) is 0 Å². The van der Waals surface area contributed by atoms with Crippen LogP contribution in [0, 0.1) is 23.2 Å². The van der Waals surface area contributed by atoms with E-state index < -0.39 is 0 Å². The van der Waals surface area contributed by atoms with Gasteiger partial charge in [-0.2, -0.15) is 0 Å². The van der Waals surface area contributed by atoms with Crippen molar-refractivity contribution in [2.24, 2.45) is 23.2 Å². The smallest absolute Gasteiger partial charge is 0.115 e. The Bertz CT molecular complexity index is 613. The van der Waals surface area contributed by atoms with Gasteiger partial charge in [-0.15, -0.1) is 0 Å². The average molecular weight is 316 g/mol. The molecule has 23 heavy (non-hydrogen) atoms. The molecule has 126 valence electrons. The Kier molecular flexibility index (Phi) is 3.51. The zero-order chi connectivity index (χ0) is 16.4. The molecule has 0 aromatic heterocycles. The fraction of sp³-hybridized carbons (Fsp3) is 0.700. The highest BCUT2D eigenvalue weighted by atomic mass is 16.5. The molecule has 0 unspecified atom stereocenters. The molecule has 3 nitrogen and oxygen atoms in total. The monoisotopic (exact) mass is 316 g/mol. The summed E-state index contributed by atoms with van der Waals surface area (Å²) in [6.45, 7) is 4.62. The minimum atomic E-state index is -0.195. The Morgan fingerprint density at radius 3 is 2.78 bits per heavy atom. The van der Waals surface area contributed by atoms with Crippen LogP contribution in [-0.4, -0.2) is 29.5 Å². The summed E-state index contributed by atoms with van der Waals surface area (Å²) in [4.78, 5) is 0. The van der Waals surface area contributed by atoms with Crippen LogP contribution < -0.4 is 0 Å². The molecule has 1 aromatic carbocycles. The Balaban J connectivity index is 1.82. The van der Waals surface area contributed by atoms with E-state index in [-0.39, 0.29) is 17.6 Å². The van der Waals surface area contributed by atoms with Crippen molar-refractivity contribution >= 4 is 0 Å². The van der Waals surface area contributed by atoms with Gasteiger partial charge >= 0.3 is 0 Å². The molecule has 3 aliphatic rings. The Morgan fingerprint density at radius 1 is 1.26 bits per heavy atom. The first kappa shape index (κ1) is 15.5. The first-order chi connectivity index (χ1) is 11.0. The number of aliphatic hydroxyl groups is 1. The minimum Gasteiger partial charge on any atom is -0.508 e. The second-order valence-corrected chi connectivity index (χ2v) is 8.35. The van der Waals surface area contributed by atoms with Gasteiger partial charge in [0.05, 0.1) is 12.2 Å². The van der Waals surface area contributed by atoms with Crippen molar-refractivity contribution in [3.05, 3.63) is 29.3 Å². The molecule has 2 N–H and O–H groups in total. The van der Waals surface area contributed by atoms with Crippen LogP contribution in [0.2, 0.25) is 0 Å². The highest BCUT2D eigenvalue weighted by Gasteiger charge is 2.59. The highest BCUT2D eigenvalue weighted by Crippen LogP contribution is 2.62. The minimum absolute atomic E-state index is 0.00940. The van der Waals surface area contributed by atoms with Crippen molar-refractivity contribution in [3.63, 3.8) is 0 Å². The maximum atomic E-state index is 10.6. The standard InChI is InChI=1S/C20H28O3/c1-11-8-12-9-13(21)4-5-14(12)19-16(23-3)10-20(2)15(18(11)19)6-7-17(20)22/h4-5,9,11,15-19,21-22H,6-8,10H2,1-3H3/t11-,15+,16+,17+,18+,19+,20+/m1/s1. The van der Waals surface area contributed by atoms with E-state index in [4.69, 9.17) is 4.74 Å². The molecule has 1 aromatic rings. The molecule has 0 spiro atoms. The molecule has 0 bridgehead atoms. The molecule has 2 saturated carbocycles. The van der Waals surface area contributed by atoms with E-state index in [1.54, 1.807) is 0 Å². The lowest BCUT2D eigenvalue weighted by Crippen LogP contribution is -2.52. The van der Waals surface area contributed by atoms with E-state index in [1.807, 2.05) is 19.2 Å². The van der Waals surface area contributed by atoms with Crippen LogP contribution in [0.4, 0.5) is 0 Å². The third-order valence-electron chi connectivity index (χ3n) is 7.27. The number of benzene rings is 1. The van der Waals surface area contributed by atoms with Gasteiger partial charge in [0.25, 0.3) is 0 Å². The second kappa shape index (κ2) is 5.22. The Labute approximate surface area is 138 Å². The molecule has 0 heterocycles. The van der Waals surface area contributed by atoms with Gasteiger partial charge in [-0.1, -0.05) is 19.9 Å². The highest BCUT2D eigenvalue weighted by molar-refractivity contribution is 5.41. The van der Waals surface area contributed by atoms with E-state index in [9.17, 15) is 10.2 Å². The molecule has 3 heteroatoms. The number of hydrogen-bond acceptors (Lipinski definition) is 3. The van der Waals surface area contributed by atoms with E-state index in [0.717, 1.165) is 25.7 Å². The Hall–Kier alpha value is -1.06. The number of ether oxygens (including phenoxy) is 1. The van der Waals surface area contributed by atoms with Crippen molar-refractivity contribution in [1.29, 1.82) is 0 Å². The van der Waals surface area contributed by atoms with Crippen molar-refractivity contribution < 1.29 is 14.9 Å². The topological polar surface area (TPSA) is 49.7 Å². The predicted molar refractivity (Wildman–Crippen MR) is 89.5 cm³/mol. The normalized spacial score (nSPS) is 45.2. The number of fused-ring (bicyclic) bond motifs is 5. The molecule has 0 amide bonds. The third-order valence-corrected chi connectivity index (χ3v) is 7.27. The summed E-state index contributed by atoms with van der Waals surface area (Å²) in [6.07, 6.45) is 3.97. The van der Waals surface area contributed by atoms with Gasteiger partial charge in [-0.05, 0) is 72.1 Å². The van der Waals surface area contributed by atoms with Crippen LogP contribution in [-0.2, 0) is 11.2 Å². The van der Waals surface area contributed by atoms with Crippen molar-refractivity contribution in [1.82, 2.24) is 0 Å². The SMILES string of the molecule is CO[C@H]1C[C@]2(C)[C@@H](O)CC[C@H]2[C@H]2[C@H]1c1ccc(O)cc1C[C@H]2C. The second-order valence-electron chi connectivity index (χ2n) is 8.35. The summed E-state index contributed by atoms with van der Waals surface area (Å²) in [5.74, 6) is 2.45. The molecular formula is C20H28O3. The number of rotatable bonds is 1. The summed E-state index contributed by atoms with van der Waals surface area (Å²) in [5.41, 5.74) is 2.63. The molecule has 7 atom stereocenters. The molecule has 0 radical (unpaired) electrons. The van der Waals surface area contributed by atoms with Crippen LogP contribution in [0.25, 0.3) is 0 Å². The molecule has 0 aliphatic heterocycles. The van der Waals surface area contributed by atoms with E-state index in [1.165, 1.54) is 11.1 Å². The lowest BCUT2D eigenvalue weighted by atomic mass is 9.52. The average Bonchev–Trinajstić information content (AvgIpc) is 2.81. The third kappa shape index (κ3) is 2.09. The summed E-state index contributed by atoms with van der Waals surface area (Å²) in [6, 6.07) is 5.86. The number of hydrogen-bond donors (Lipinski definition) is 2. The number of phenolic OH excluding ortho intramolecular Hbond substituents is 1. The first-order valence-corrected chi connectivity index (χ1v) is 8.98. The van der Waals surface area contributed by atoms with E-state index >= 15 is 0 Å². The summed E-state index contributed by atoms with van der Waals surface area (Å²) in [5, 5.41) is 20.5. The molecule has 0 saturated heterocycles. The molecule has 2 fully saturated rings. The van der Waals surface area contributed by atoms with Crippen molar-refractivity contribution in [2.45, 2.75) is 57.7 Å². The zero-order valence-corrected chi connectivity index (χ0v) is 14.3. The van der Waals surface area contributed by atoms with E-state index in [2.05, 4.69) is 19.9 Å². The van der Waals surface area contributed by atoms with Crippen LogP contribution in [0.3, 0.4) is 0 Å². The lowest BCUT2D eigenvalue weighted by molar-refractivity contribution is -0.104. The summed E-state index contributed by atoms with van der Waals surface area (Å²) in [7, 11) is 1.81. The fourth-order valence-corrected chi connectivity index (χ4v) is 6.19. The quantitative estimate of drug-likeness (QED) is 0.834. The number of phenols is 1. The van der Waals surface area contributed by atoms with Crippen LogP contribution >= 0.6 is 0 Å². The molecular weight excluding hydrogens is 288 g/mol. The lowest BCUT2D eigenvalue weighted by Gasteiger charge is -2.55. The molecule has 3 aliphatic carbocycles. The number of methoxy groups -OCH3 is 1. The zero-order valence-electron chi connectivity index (χ0n) is 14.3. The largest absolute Gasteiger partial charge is 0.508 e. The van der Waals surface area contributed by atoms with Gasteiger partial charge in [-0.3, -0.25) is 0 Å². The molecule has 4 rings (SSSR count). The predicted octanol–water partition coefficient (Wildman–Crippen LogP) is 3.48. The van der Waals surface area contributed by atoms with Gasteiger partial charge in [0, 0.05) is 13.0 Å². The first-order valence-electron chi connectivity index (χ1n) is 8.98. The van der Waals surface area contributed by atoms with Crippen molar-refractivity contribution in [3.8, 4) is 5.75 Å². The van der Waals surface area contributed by atoms with Gasteiger partial charge in [0.1, 0.15) is 5.75 Å². The van der Waals surface area contributed by atoms with Gasteiger partial charge in [0.15, 0.2) is 0 Å². The van der Waals surface area contributed by atoms with Crippen LogP contribution in [0.15, 0.2) is 18.2 Å². The maximum Gasteiger partial charge on any atom is 0.115 e. The van der Waals surface area contributed by atoms with Gasteiger partial charge in [-0.25, -0.2) is 0 Å². The van der Waals surface area contributed by atoms with Crippen LogP contribution in [0.5, 0.6) is 5.75 Å².